The van der Waals surface area contributed by atoms with E-state index in [1.165, 1.54) is 0 Å². The summed E-state index contributed by atoms with van der Waals surface area (Å²) in [7, 11) is -1.55. The van der Waals surface area contributed by atoms with Gasteiger partial charge in [0, 0.05) is 18.2 Å². The van der Waals surface area contributed by atoms with Crippen molar-refractivity contribution in [2.24, 2.45) is 7.05 Å². The average molecular weight is 390 g/mol. The first-order chi connectivity index (χ1) is 12.6. The molecule has 1 aromatic heterocycles. The van der Waals surface area contributed by atoms with Gasteiger partial charge in [-0.3, -0.25) is 9.48 Å². The van der Waals surface area contributed by atoms with Crippen LogP contribution >= 0.6 is 0 Å². The highest BCUT2D eigenvalue weighted by atomic mass is 32.2. The predicted octanol–water partition coefficient (Wildman–Crippen LogP) is 3.69. The van der Waals surface area contributed by atoms with Gasteiger partial charge in [-0.05, 0) is 43.2 Å². The topological polar surface area (TPSA) is 81.1 Å². The van der Waals surface area contributed by atoms with Crippen LogP contribution in [0.1, 0.15) is 62.6 Å². The van der Waals surface area contributed by atoms with Gasteiger partial charge in [0.1, 0.15) is 5.69 Å². The van der Waals surface area contributed by atoms with Crippen molar-refractivity contribution in [3.63, 3.8) is 0 Å². The third-order valence-electron chi connectivity index (χ3n) is 5.06. The van der Waals surface area contributed by atoms with Crippen LogP contribution in [0.5, 0.6) is 0 Å². The van der Waals surface area contributed by atoms with Gasteiger partial charge in [0.15, 0.2) is 9.84 Å². The largest absolute Gasteiger partial charge is 0.321 e. The first kappa shape index (κ1) is 19.6. The molecule has 0 spiro atoms. The van der Waals surface area contributed by atoms with Crippen molar-refractivity contribution < 1.29 is 13.2 Å². The predicted molar refractivity (Wildman–Crippen MR) is 106 cm³/mol. The smallest absolute Gasteiger partial charge is 0.273 e. The van der Waals surface area contributed by atoms with Crippen LogP contribution in [0.2, 0.25) is 0 Å². The lowest BCUT2D eigenvalue weighted by molar-refractivity contribution is 0.101. The fourth-order valence-corrected chi connectivity index (χ4v) is 5.21. The van der Waals surface area contributed by atoms with Crippen molar-refractivity contribution in [3.05, 3.63) is 41.7 Å². The van der Waals surface area contributed by atoms with Crippen LogP contribution in [0.15, 0.2) is 35.2 Å². The Balaban J connectivity index is 1.75. The SMILES string of the molecule is Cn1nc(C(C)(C)C)cc1C(=O)Nc1ccc(S(=O)(=O)C2CCCC2)cc1. The van der Waals surface area contributed by atoms with Crippen molar-refractivity contribution in [3.8, 4) is 0 Å². The molecule has 1 amide bonds. The highest BCUT2D eigenvalue weighted by molar-refractivity contribution is 7.92. The van der Waals surface area contributed by atoms with Gasteiger partial charge in [-0.2, -0.15) is 5.10 Å². The second kappa shape index (κ2) is 7.11. The van der Waals surface area contributed by atoms with E-state index in [2.05, 4.69) is 10.4 Å². The van der Waals surface area contributed by atoms with Crippen LogP contribution < -0.4 is 5.32 Å². The highest BCUT2D eigenvalue weighted by Crippen LogP contribution is 2.30. The fraction of sp³-hybridized carbons (Fsp3) is 0.500. The van der Waals surface area contributed by atoms with E-state index in [1.54, 1.807) is 42.1 Å². The summed E-state index contributed by atoms with van der Waals surface area (Å²) < 4.78 is 26.8. The molecule has 0 unspecified atom stereocenters. The molecule has 1 aliphatic rings. The van der Waals surface area contributed by atoms with Crippen molar-refractivity contribution in [1.82, 2.24) is 9.78 Å². The molecule has 1 fully saturated rings. The van der Waals surface area contributed by atoms with Gasteiger partial charge in [0.05, 0.1) is 15.8 Å². The number of nitrogens with zero attached hydrogens (tertiary/aromatic N) is 2. The minimum Gasteiger partial charge on any atom is -0.321 e. The molecule has 1 saturated carbocycles. The number of hydrogen-bond acceptors (Lipinski definition) is 4. The Morgan fingerprint density at radius 3 is 2.26 bits per heavy atom. The molecule has 0 aliphatic heterocycles. The van der Waals surface area contributed by atoms with Gasteiger partial charge < -0.3 is 5.32 Å². The van der Waals surface area contributed by atoms with Gasteiger partial charge in [-0.1, -0.05) is 33.6 Å². The quantitative estimate of drug-likeness (QED) is 0.865. The molecule has 3 rings (SSSR count). The van der Waals surface area contributed by atoms with E-state index >= 15 is 0 Å². The average Bonchev–Trinajstić information content (AvgIpc) is 3.24. The summed E-state index contributed by atoms with van der Waals surface area (Å²) in [6.45, 7) is 6.13. The summed E-state index contributed by atoms with van der Waals surface area (Å²) >= 11 is 0. The number of rotatable bonds is 4. The van der Waals surface area contributed by atoms with Crippen LogP contribution in [-0.2, 0) is 22.3 Å². The van der Waals surface area contributed by atoms with E-state index in [9.17, 15) is 13.2 Å². The summed E-state index contributed by atoms with van der Waals surface area (Å²) in [6.07, 6.45) is 3.41. The Kier molecular flexibility index (Phi) is 5.16. The zero-order chi connectivity index (χ0) is 19.8. The number of carbonyl (C=O) groups excluding carboxylic acids is 1. The number of benzene rings is 1. The molecular formula is C20H27N3O3S. The van der Waals surface area contributed by atoms with E-state index in [0.717, 1.165) is 31.4 Å². The number of sulfone groups is 1. The second-order valence-electron chi connectivity index (χ2n) is 8.22. The molecule has 1 aromatic carbocycles. The molecule has 0 atom stereocenters. The van der Waals surface area contributed by atoms with Gasteiger partial charge in [-0.15, -0.1) is 0 Å². The van der Waals surface area contributed by atoms with Crippen LogP contribution in [0.3, 0.4) is 0 Å². The van der Waals surface area contributed by atoms with Crippen LogP contribution in [0.25, 0.3) is 0 Å². The first-order valence-electron chi connectivity index (χ1n) is 9.29. The van der Waals surface area contributed by atoms with Gasteiger partial charge in [0.25, 0.3) is 5.91 Å². The van der Waals surface area contributed by atoms with Crippen molar-refractivity contribution in [2.45, 2.75) is 62.0 Å². The number of aryl methyl sites for hydroxylation is 1. The minimum absolute atomic E-state index is 0.146. The number of aromatic nitrogens is 2. The second-order valence-corrected chi connectivity index (χ2v) is 10.4. The van der Waals surface area contributed by atoms with Crippen LogP contribution in [-0.4, -0.2) is 29.4 Å². The zero-order valence-corrected chi connectivity index (χ0v) is 17.1. The molecule has 1 heterocycles. The maximum atomic E-state index is 12.6. The number of nitrogens with one attached hydrogen (secondary N) is 1. The Morgan fingerprint density at radius 2 is 1.74 bits per heavy atom. The molecule has 27 heavy (non-hydrogen) atoms. The monoisotopic (exact) mass is 389 g/mol. The summed E-state index contributed by atoms with van der Waals surface area (Å²) in [5.74, 6) is -0.271. The third kappa shape index (κ3) is 4.08. The molecule has 7 heteroatoms. The molecule has 6 nitrogen and oxygen atoms in total. The molecule has 0 radical (unpaired) electrons. The molecule has 1 aliphatic carbocycles. The van der Waals surface area contributed by atoms with Crippen molar-refractivity contribution >= 4 is 21.4 Å². The summed E-state index contributed by atoms with van der Waals surface area (Å²) in [4.78, 5) is 12.9. The van der Waals surface area contributed by atoms with E-state index < -0.39 is 9.84 Å². The molecule has 2 aromatic rings. The van der Waals surface area contributed by atoms with Gasteiger partial charge >= 0.3 is 0 Å². The first-order valence-corrected chi connectivity index (χ1v) is 10.8. The molecule has 146 valence electrons. The van der Waals surface area contributed by atoms with Gasteiger partial charge in [-0.25, -0.2) is 8.42 Å². The molecule has 0 bridgehead atoms. The van der Waals surface area contributed by atoms with Crippen molar-refractivity contribution in [2.75, 3.05) is 5.32 Å². The standard InChI is InChI=1S/C20H27N3O3S/c1-20(2,3)18-13-17(23(4)22-18)19(24)21-14-9-11-16(12-10-14)27(25,26)15-7-5-6-8-15/h9-13,15H,5-8H2,1-4H3,(H,21,24). The summed E-state index contributed by atoms with van der Waals surface area (Å²) in [5, 5.41) is 6.95. The molecule has 0 saturated heterocycles. The number of amides is 1. The van der Waals surface area contributed by atoms with Gasteiger partial charge in [0.2, 0.25) is 0 Å². The minimum atomic E-state index is -3.28. The third-order valence-corrected chi connectivity index (χ3v) is 7.34. The maximum absolute atomic E-state index is 12.6. The van der Waals surface area contributed by atoms with E-state index in [1.807, 2.05) is 20.8 Å². The Hall–Kier alpha value is -2.15. The Morgan fingerprint density at radius 1 is 1.15 bits per heavy atom. The lowest BCUT2D eigenvalue weighted by Gasteiger charge is -2.13. The summed E-state index contributed by atoms with van der Waals surface area (Å²) in [6, 6.07) is 8.22. The van der Waals surface area contributed by atoms with E-state index in [4.69, 9.17) is 0 Å². The lowest BCUT2D eigenvalue weighted by atomic mass is 9.92. The lowest BCUT2D eigenvalue weighted by Crippen LogP contribution is -2.18. The van der Waals surface area contributed by atoms with Crippen LogP contribution in [0, 0.1) is 0 Å². The Bertz CT molecular complexity index is 932. The van der Waals surface area contributed by atoms with Crippen molar-refractivity contribution in [1.29, 1.82) is 0 Å². The van der Waals surface area contributed by atoms with E-state index in [-0.39, 0.29) is 16.6 Å². The molecular weight excluding hydrogens is 362 g/mol. The fourth-order valence-electron chi connectivity index (χ4n) is 3.36. The van der Waals surface area contributed by atoms with E-state index in [0.29, 0.717) is 16.3 Å². The molecule has 1 N–H and O–H groups in total. The maximum Gasteiger partial charge on any atom is 0.273 e. The Labute approximate surface area is 160 Å². The number of carbonyl (C=O) groups is 1. The number of hydrogen-bond donors (Lipinski definition) is 1. The normalized spacial score (nSPS) is 15.9. The zero-order valence-electron chi connectivity index (χ0n) is 16.3. The van der Waals surface area contributed by atoms with Crippen LogP contribution in [0.4, 0.5) is 5.69 Å². The summed E-state index contributed by atoms with van der Waals surface area (Å²) in [5.41, 5.74) is 1.71. The number of anilines is 1. The highest BCUT2D eigenvalue weighted by Gasteiger charge is 2.30.